The van der Waals surface area contributed by atoms with Gasteiger partial charge < -0.3 is 14.8 Å². The van der Waals surface area contributed by atoms with Gasteiger partial charge in [-0.15, -0.1) is 0 Å². The summed E-state index contributed by atoms with van der Waals surface area (Å²) in [6.07, 6.45) is 1.79. The minimum atomic E-state index is -0.855. The molecule has 0 bridgehead atoms. The van der Waals surface area contributed by atoms with Gasteiger partial charge in [-0.3, -0.25) is 14.5 Å². The Morgan fingerprint density at radius 1 is 1.17 bits per heavy atom. The van der Waals surface area contributed by atoms with Gasteiger partial charge in [-0.2, -0.15) is 0 Å². The number of hydrogen-bond donors (Lipinski definition) is 1. The molecule has 0 saturated carbocycles. The Morgan fingerprint density at radius 2 is 1.83 bits per heavy atom. The second kappa shape index (κ2) is 7.91. The van der Waals surface area contributed by atoms with E-state index in [2.05, 4.69) is 10.1 Å². The molecule has 0 atom stereocenters. The lowest BCUT2D eigenvalue weighted by Gasteiger charge is -2.28. The van der Waals surface area contributed by atoms with Gasteiger partial charge in [-0.1, -0.05) is 12.1 Å². The van der Waals surface area contributed by atoms with Crippen LogP contribution in [0.25, 0.3) is 0 Å². The predicted molar refractivity (Wildman–Crippen MR) is 84.2 cm³/mol. The molecule has 0 fully saturated rings. The highest BCUT2D eigenvalue weighted by molar-refractivity contribution is 6.10. The number of ether oxygens (including phenoxy) is 2. The summed E-state index contributed by atoms with van der Waals surface area (Å²) < 4.78 is 9.39. The molecule has 1 aromatic rings. The molecule has 1 N–H and O–H groups in total. The van der Waals surface area contributed by atoms with Gasteiger partial charge in [0.1, 0.15) is 6.54 Å². The highest BCUT2D eigenvalue weighted by Gasteiger charge is 2.26. The molecule has 0 radical (unpaired) electrons. The number of rotatable bonds is 5. The molecule has 126 valence electrons. The summed E-state index contributed by atoms with van der Waals surface area (Å²) in [5.41, 5.74) is 1.04. The Balaban J connectivity index is 1.95. The van der Waals surface area contributed by atoms with Crippen LogP contribution in [0.4, 0.5) is 11.4 Å². The summed E-state index contributed by atoms with van der Waals surface area (Å²) in [6.45, 7) is 1.11. The Hall–Kier alpha value is -3.16. The van der Waals surface area contributed by atoms with E-state index in [1.807, 2.05) is 0 Å². The fourth-order valence-corrected chi connectivity index (χ4v) is 2.04. The van der Waals surface area contributed by atoms with Crippen LogP contribution in [0.1, 0.15) is 6.92 Å². The zero-order valence-electron chi connectivity index (χ0n) is 13.0. The van der Waals surface area contributed by atoms with E-state index >= 15 is 0 Å². The number of para-hydroxylation sites is 2. The lowest BCUT2D eigenvalue weighted by atomic mass is 10.2. The van der Waals surface area contributed by atoms with Crippen LogP contribution in [-0.4, -0.2) is 43.5 Å². The summed E-state index contributed by atoms with van der Waals surface area (Å²) in [7, 11) is 0. The zero-order chi connectivity index (χ0) is 17.5. The number of carbonyl (C=O) groups excluding carboxylic acids is 4. The van der Waals surface area contributed by atoms with Crippen molar-refractivity contribution in [2.45, 2.75) is 6.92 Å². The number of benzene rings is 1. The Labute approximate surface area is 138 Å². The van der Waals surface area contributed by atoms with Crippen LogP contribution in [0.2, 0.25) is 0 Å². The smallest absolute Gasteiger partial charge is 0.331 e. The van der Waals surface area contributed by atoms with Gasteiger partial charge in [-0.05, 0) is 19.1 Å². The maximum Gasteiger partial charge on any atom is 0.331 e. The molecule has 2 rings (SSSR count). The fraction of sp³-hybridized carbons (Fsp3) is 0.250. The number of esters is 2. The maximum atomic E-state index is 12.2. The van der Waals surface area contributed by atoms with E-state index in [9.17, 15) is 19.2 Å². The lowest BCUT2D eigenvalue weighted by molar-refractivity contribution is -0.143. The molecule has 0 unspecified atom stereocenters. The summed E-state index contributed by atoms with van der Waals surface area (Å²) in [6, 6.07) is 6.80. The zero-order valence-corrected chi connectivity index (χ0v) is 13.0. The average Bonchev–Trinajstić information content (AvgIpc) is 2.57. The van der Waals surface area contributed by atoms with Crippen molar-refractivity contribution >= 4 is 35.1 Å². The van der Waals surface area contributed by atoms with Gasteiger partial charge in [-0.25, -0.2) is 9.59 Å². The van der Waals surface area contributed by atoms with Crippen molar-refractivity contribution in [3.8, 4) is 0 Å². The summed E-state index contributed by atoms with van der Waals surface area (Å²) in [4.78, 5) is 47.6. The maximum absolute atomic E-state index is 12.2. The largest absolute Gasteiger partial charge is 0.463 e. The first-order valence-corrected chi connectivity index (χ1v) is 7.22. The van der Waals surface area contributed by atoms with E-state index in [1.165, 1.54) is 4.90 Å². The predicted octanol–water partition coefficient (Wildman–Crippen LogP) is 0.634. The van der Waals surface area contributed by atoms with Crippen LogP contribution in [0.5, 0.6) is 0 Å². The monoisotopic (exact) mass is 332 g/mol. The summed E-state index contributed by atoms with van der Waals surface area (Å²) >= 11 is 0. The molecular formula is C16H16N2O6. The van der Waals surface area contributed by atoms with Crippen molar-refractivity contribution < 1.29 is 28.7 Å². The first-order chi connectivity index (χ1) is 11.5. The first-order valence-electron chi connectivity index (χ1n) is 7.22. The number of anilines is 2. The minimum absolute atomic E-state index is 0.161. The number of amides is 2. The highest BCUT2D eigenvalue weighted by Crippen LogP contribution is 2.28. The molecule has 0 aliphatic carbocycles. The standard InChI is InChI=1S/C16H16N2O6/c1-2-23-15(21)7-8-16(22)24-10-14(20)18-9-13(19)17-11-5-3-4-6-12(11)18/h3-8H,2,9-10H2,1H3,(H,17,19)/b8-7+. The molecule has 0 spiro atoms. The number of hydrogen-bond acceptors (Lipinski definition) is 6. The highest BCUT2D eigenvalue weighted by atomic mass is 16.5. The van der Waals surface area contributed by atoms with E-state index in [4.69, 9.17) is 4.74 Å². The van der Waals surface area contributed by atoms with Crippen LogP contribution in [0.15, 0.2) is 36.4 Å². The van der Waals surface area contributed by atoms with E-state index < -0.39 is 24.5 Å². The topological polar surface area (TPSA) is 102 Å². The van der Waals surface area contributed by atoms with Crippen LogP contribution in [0.3, 0.4) is 0 Å². The van der Waals surface area contributed by atoms with Gasteiger partial charge in [0, 0.05) is 12.2 Å². The number of carbonyl (C=O) groups is 4. The van der Waals surface area contributed by atoms with Gasteiger partial charge in [0.15, 0.2) is 6.61 Å². The molecular weight excluding hydrogens is 316 g/mol. The average molecular weight is 332 g/mol. The molecule has 1 aliphatic rings. The molecule has 1 heterocycles. The van der Waals surface area contributed by atoms with Crippen molar-refractivity contribution in [2.75, 3.05) is 30.0 Å². The third-order valence-electron chi connectivity index (χ3n) is 3.05. The van der Waals surface area contributed by atoms with Crippen molar-refractivity contribution in [3.63, 3.8) is 0 Å². The molecule has 8 heteroatoms. The number of nitrogens with one attached hydrogen (secondary N) is 1. The number of nitrogens with zero attached hydrogens (tertiary/aromatic N) is 1. The van der Waals surface area contributed by atoms with Crippen LogP contribution in [-0.2, 0) is 28.7 Å². The third-order valence-corrected chi connectivity index (χ3v) is 3.05. The quantitative estimate of drug-likeness (QED) is 0.627. The Kier molecular flexibility index (Phi) is 5.67. The first kappa shape index (κ1) is 17.2. The lowest BCUT2D eigenvalue weighted by Crippen LogP contribution is -2.44. The van der Waals surface area contributed by atoms with Gasteiger partial charge in [0.2, 0.25) is 5.91 Å². The molecule has 0 aromatic heterocycles. The minimum Gasteiger partial charge on any atom is -0.463 e. The van der Waals surface area contributed by atoms with E-state index in [-0.39, 0.29) is 19.1 Å². The van der Waals surface area contributed by atoms with E-state index in [0.29, 0.717) is 11.4 Å². The summed E-state index contributed by atoms with van der Waals surface area (Å²) in [5, 5.41) is 2.65. The third kappa shape index (κ3) is 4.42. The van der Waals surface area contributed by atoms with Crippen molar-refractivity contribution in [1.82, 2.24) is 0 Å². The normalized spacial score (nSPS) is 13.2. The Morgan fingerprint density at radius 3 is 2.54 bits per heavy atom. The van der Waals surface area contributed by atoms with Crippen molar-refractivity contribution in [2.24, 2.45) is 0 Å². The second-order valence-corrected chi connectivity index (χ2v) is 4.74. The molecule has 2 amide bonds. The molecule has 1 aliphatic heterocycles. The van der Waals surface area contributed by atoms with Crippen LogP contribution >= 0.6 is 0 Å². The molecule has 0 saturated heterocycles. The molecule has 24 heavy (non-hydrogen) atoms. The molecule has 1 aromatic carbocycles. The van der Waals surface area contributed by atoms with E-state index in [1.54, 1.807) is 31.2 Å². The van der Waals surface area contributed by atoms with Gasteiger partial charge in [0.05, 0.1) is 18.0 Å². The van der Waals surface area contributed by atoms with E-state index in [0.717, 1.165) is 12.2 Å². The molecule has 8 nitrogen and oxygen atoms in total. The second-order valence-electron chi connectivity index (χ2n) is 4.74. The Bertz CT molecular complexity index is 698. The van der Waals surface area contributed by atoms with Crippen molar-refractivity contribution in [1.29, 1.82) is 0 Å². The summed E-state index contributed by atoms with van der Waals surface area (Å²) in [5.74, 6) is -2.42. The van der Waals surface area contributed by atoms with Crippen LogP contribution in [0, 0.1) is 0 Å². The SMILES string of the molecule is CCOC(=O)/C=C/C(=O)OCC(=O)N1CC(=O)Nc2ccccc21. The van der Waals surface area contributed by atoms with Crippen LogP contribution < -0.4 is 10.2 Å². The number of fused-ring (bicyclic) bond motifs is 1. The van der Waals surface area contributed by atoms with Gasteiger partial charge in [0.25, 0.3) is 5.91 Å². The fourth-order valence-electron chi connectivity index (χ4n) is 2.04. The van der Waals surface area contributed by atoms with Crippen molar-refractivity contribution in [3.05, 3.63) is 36.4 Å². The van der Waals surface area contributed by atoms with Gasteiger partial charge >= 0.3 is 11.9 Å².